The number of anilines is 1. The third-order valence-electron chi connectivity index (χ3n) is 5.41. The van der Waals surface area contributed by atoms with Gasteiger partial charge < -0.3 is 4.90 Å². The van der Waals surface area contributed by atoms with E-state index in [1.807, 2.05) is 18.2 Å². The summed E-state index contributed by atoms with van der Waals surface area (Å²) in [4.78, 5) is 10.9. The zero-order valence-corrected chi connectivity index (χ0v) is 15.9. The predicted molar refractivity (Wildman–Crippen MR) is 107 cm³/mol. The molecule has 3 aromatic heterocycles. The maximum atomic E-state index is 13.7. The molecule has 0 saturated carbocycles. The van der Waals surface area contributed by atoms with E-state index in [0.29, 0.717) is 22.7 Å². The molecule has 1 atom stereocenters. The number of pyridine rings is 1. The standard InChI is InChI=1S/C22H19F2N5/c1-14-17(24)7-8-18(26-14)20-13-25-21-9-10-22(27-29(20)21)28-11-3-6-19(28)15-4-2-5-16(23)12-15/h2,4-5,7-10,12-13,19H,3,6,11H2,1H3. The Hall–Kier alpha value is -3.35. The predicted octanol–water partition coefficient (Wildman–Crippen LogP) is 4.72. The highest BCUT2D eigenvalue weighted by molar-refractivity contribution is 5.61. The molecule has 0 N–H and O–H groups in total. The number of imidazole rings is 1. The summed E-state index contributed by atoms with van der Waals surface area (Å²) >= 11 is 0. The van der Waals surface area contributed by atoms with E-state index in [-0.39, 0.29) is 17.7 Å². The van der Waals surface area contributed by atoms with E-state index in [1.165, 1.54) is 12.1 Å². The normalized spacial score (nSPS) is 16.7. The van der Waals surface area contributed by atoms with E-state index >= 15 is 0 Å². The van der Waals surface area contributed by atoms with Crippen molar-refractivity contribution in [2.75, 3.05) is 11.4 Å². The van der Waals surface area contributed by atoms with Crippen LogP contribution in [-0.4, -0.2) is 26.1 Å². The van der Waals surface area contributed by atoms with Crippen LogP contribution in [0.2, 0.25) is 0 Å². The van der Waals surface area contributed by atoms with Gasteiger partial charge in [-0.05, 0) is 61.7 Å². The van der Waals surface area contributed by atoms with Crippen LogP contribution in [0, 0.1) is 18.6 Å². The summed E-state index contributed by atoms with van der Waals surface area (Å²) in [5.41, 5.74) is 3.29. The van der Waals surface area contributed by atoms with Gasteiger partial charge in [-0.15, -0.1) is 5.10 Å². The lowest BCUT2D eigenvalue weighted by atomic mass is 10.0. The van der Waals surface area contributed by atoms with Gasteiger partial charge in [-0.3, -0.25) is 0 Å². The van der Waals surface area contributed by atoms with Crippen molar-refractivity contribution in [3.63, 3.8) is 0 Å². The summed E-state index contributed by atoms with van der Waals surface area (Å²) in [5.74, 6) is 0.223. The Morgan fingerprint density at radius 2 is 1.97 bits per heavy atom. The molecule has 7 heteroatoms. The zero-order valence-electron chi connectivity index (χ0n) is 15.9. The average Bonchev–Trinajstić information content (AvgIpc) is 3.37. The summed E-state index contributed by atoms with van der Waals surface area (Å²) in [5, 5.41) is 4.80. The van der Waals surface area contributed by atoms with Crippen molar-refractivity contribution in [1.29, 1.82) is 0 Å². The fourth-order valence-corrected chi connectivity index (χ4v) is 3.98. The molecule has 4 heterocycles. The molecule has 0 bridgehead atoms. The minimum absolute atomic E-state index is 0.0776. The van der Waals surface area contributed by atoms with Gasteiger partial charge in [0.25, 0.3) is 0 Å². The van der Waals surface area contributed by atoms with Gasteiger partial charge in [0.2, 0.25) is 0 Å². The summed E-state index contributed by atoms with van der Waals surface area (Å²) in [6.07, 6.45) is 3.65. The Labute approximate surface area is 166 Å². The summed E-state index contributed by atoms with van der Waals surface area (Å²) in [6.45, 7) is 2.48. The molecule has 4 aromatic rings. The molecular formula is C22H19F2N5. The lowest BCUT2D eigenvalue weighted by molar-refractivity contribution is 0.610. The molecule has 1 fully saturated rings. The molecule has 0 radical (unpaired) electrons. The first kappa shape index (κ1) is 17.7. The van der Waals surface area contributed by atoms with Gasteiger partial charge in [0.15, 0.2) is 5.65 Å². The second kappa shape index (κ2) is 6.92. The number of fused-ring (bicyclic) bond motifs is 1. The monoisotopic (exact) mass is 391 g/mol. The van der Waals surface area contributed by atoms with Gasteiger partial charge in [0, 0.05) is 6.54 Å². The highest BCUT2D eigenvalue weighted by Gasteiger charge is 2.28. The van der Waals surface area contributed by atoms with E-state index in [0.717, 1.165) is 30.8 Å². The van der Waals surface area contributed by atoms with Crippen LogP contribution in [0.1, 0.15) is 30.1 Å². The van der Waals surface area contributed by atoms with Crippen LogP contribution >= 0.6 is 0 Å². The molecular weight excluding hydrogens is 372 g/mol. The fourth-order valence-electron chi connectivity index (χ4n) is 3.98. The van der Waals surface area contributed by atoms with Crippen LogP contribution in [0.25, 0.3) is 17.0 Å². The molecule has 1 saturated heterocycles. The highest BCUT2D eigenvalue weighted by Crippen LogP contribution is 2.35. The zero-order chi connectivity index (χ0) is 20.0. The first-order valence-electron chi connectivity index (χ1n) is 9.60. The Balaban J connectivity index is 1.56. The third-order valence-corrected chi connectivity index (χ3v) is 5.41. The van der Waals surface area contributed by atoms with Crippen molar-refractivity contribution in [3.8, 4) is 11.4 Å². The highest BCUT2D eigenvalue weighted by atomic mass is 19.1. The molecule has 1 unspecified atom stereocenters. The van der Waals surface area contributed by atoms with Gasteiger partial charge in [-0.25, -0.2) is 23.3 Å². The van der Waals surface area contributed by atoms with Gasteiger partial charge in [0.05, 0.1) is 23.6 Å². The summed E-state index contributed by atoms with van der Waals surface area (Å²) in [7, 11) is 0. The van der Waals surface area contributed by atoms with Gasteiger partial charge >= 0.3 is 0 Å². The Kier molecular flexibility index (Phi) is 4.23. The minimum Gasteiger partial charge on any atom is -0.348 e. The Morgan fingerprint density at radius 3 is 2.79 bits per heavy atom. The number of halogens is 2. The van der Waals surface area contributed by atoms with Gasteiger partial charge in [-0.2, -0.15) is 0 Å². The number of benzene rings is 1. The van der Waals surface area contributed by atoms with Crippen molar-refractivity contribution in [1.82, 2.24) is 19.6 Å². The molecule has 0 aliphatic carbocycles. The molecule has 146 valence electrons. The van der Waals surface area contributed by atoms with Crippen molar-refractivity contribution >= 4 is 11.5 Å². The minimum atomic E-state index is -0.341. The van der Waals surface area contributed by atoms with E-state index in [4.69, 9.17) is 5.10 Å². The van der Waals surface area contributed by atoms with E-state index in [1.54, 1.807) is 35.8 Å². The Bertz CT molecular complexity index is 1200. The van der Waals surface area contributed by atoms with E-state index < -0.39 is 0 Å². The SMILES string of the molecule is Cc1nc(-c2cnc3ccc(N4CCCC4c4cccc(F)c4)nn23)ccc1F. The topological polar surface area (TPSA) is 46.3 Å². The number of aryl methyl sites for hydroxylation is 1. The quantitative estimate of drug-likeness (QED) is 0.507. The van der Waals surface area contributed by atoms with Crippen LogP contribution in [0.5, 0.6) is 0 Å². The molecule has 29 heavy (non-hydrogen) atoms. The second-order valence-corrected chi connectivity index (χ2v) is 7.28. The largest absolute Gasteiger partial charge is 0.348 e. The number of hydrogen-bond donors (Lipinski definition) is 0. The second-order valence-electron chi connectivity index (χ2n) is 7.28. The van der Waals surface area contributed by atoms with Crippen molar-refractivity contribution in [2.24, 2.45) is 0 Å². The third kappa shape index (κ3) is 3.12. The van der Waals surface area contributed by atoms with Crippen molar-refractivity contribution < 1.29 is 8.78 Å². The summed E-state index contributed by atoms with van der Waals surface area (Å²) < 4.78 is 29.1. The van der Waals surface area contributed by atoms with Crippen LogP contribution in [0.4, 0.5) is 14.6 Å². The van der Waals surface area contributed by atoms with E-state index in [9.17, 15) is 8.78 Å². The number of nitrogens with zero attached hydrogens (tertiary/aromatic N) is 5. The molecule has 0 spiro atoms. The lowest BCUT2D eigenvalue weighted by Crippen LogP contribution is -2.24. The Morgan fingerprint density at radius 1 is 1.07 bits per heavy atom. The molecule has 1 aromatic carbocycles. The number of aromatic nitrogens is 4. The first-order valence-corrected chi connectivity index (χ1v) is 9.60. The van der Waals surface area contributed by atoms with Gasteiger partial charge in [-0.1, -0.05) is 12.1 Å². The number of hydrogen-bond acceptors (Lipinski definition) is 4. The average molecular weight is 391 g/mol. The molecule has 0 amide bonds. The first-order chi connectivity index (χ1) is 14.1. The van der Waals surface area contributed by atoms with Crippen LogP contribution in [0.3, 0.4) is 0 Å². The van der Waals surface area contributed by atoms with Crippen LogP contribution in [0.15, 0.2) is 54.7 Å². The van der Waals surface area contributed by atoms with Crippen molar-refractivity contribution in [2.45, 2.75) is 25.8 Å². The number of rotatable bonds is 3. The maximum Gasteiger partial charge on any atom is 0.154 e. The molecule has 5 rings (SSSR count). The van der Waals surface area contributed by atoms with Gasteiger partial charge in [0.1, 0.15) is 23.1 Å². The smallest absolute Gasteiger partial charge is 0.154 e. The van der Waals surface area contributed by atoms with Crippen LogP contribution < -0.4 is 4.90 Å². The lowest BCUT2D eigenvalue weighted by Gasteiger charge is -2.26. The van der Waals surface area contributed by atoms with Crippen LogP contribution in [-0.2, 0) is 0 Å². The van der Waals surface area contributed by atoms with Crippen molar-refractivity contribution in [3.05, 3.63) is 77.6 Å². The summed E-state index contributed by atoms with van der Waals surface area (Å²) in [6, 6.07) is 13.7. The molecule has 1 aliphatic rings. The molecule has 5 nitrogen and oxygen atoms in total. The van der Waals surface area contributed by atoms with E-state index in [2.05, 4.69) is 14.9 Å². The maximum absolute atomic E-state index is 13.7. The molecule has 1 aliphatic heterocycles. The fraction of sp³-hybridized carbons (Fsp3) is 0.227.